The Hall–Kier alpha value is -2.32. The van der Waals surface area contributed by atoms with E-state index >= 15 is 0 Å². The number of carbonyl (C=O) groups is 2. The summed E-state index contributed by atoms with van der Waals surface area (Å²) in [6.07, 6.45) is 0. The van der Waals surface area contributed by atoms with Gasteiger partial charge in [-0.25, -0.2) is 4.79 Å². The first-order valence-corrected chi connectivity index (χ1v) is 5.57. The lowest BCUT2D eigenvalue weighted by Crippen LogP contribution is -2.26. The number of nitrogens with zero attached hydrogens (tertiary/aromatic N) is 2. The molecule has 1 aliphatic heterocycles. The van der Waals surface area contributed by atoms with Gasteiger partial charge in [0.1, 0.15) is 13.2 Å². The molecule has 106 valence electrons. The lowest BCUT2D eigenvalue weighted by Gasteiger charge is -2.11. The molecular weight excluding hydrogens is 258 g/mol. The number of nitro groups is 1. The number of carbonyl (C=O) groups excluding carboxylic acids is 2. The Bertz CT molecular complexity index is 419. The van der Waals surface area contributed by atoms with Crippen molar-refractivity contribution in [1.82, 2.24) is 10.2 Å². The van der Waals surface area contributed by atoms with E-state index in [0.29, 0.717) is 13.1 Å². The monoisotopic (exact) mass is 273 g/mol. The van der Waals surface area contributed by atoms with Crippen molar-refractivity contribution in [3.8, 4) is 0 Å². The summed E-state index contributed by atoms with van der Waals surface area (Å²) < 4.78 is 9.25. The lowest BCUT2D eigenvalue weighted by atomic mass is 10.4. The zero-order valence-electron chi connectivity index (χ0n) is 10.7. The van der Waals surface area contributed by atoms with Crippen molar-refractivity contribution in [2.24, 2.45) is 0 Å². The Morgan fingerprint density at radius 2 is 2.05 bits per heavy atom. The molecule has 9 nitrogen and oxygen atoms in total. The molecule has 0 amide bonds. The number of rotatable bonds is 5. The summed E-state index contributed by atoms with van der Waals surface area (Å²) >= 11 is 0. The van der Waals surface area contributed by atoms with Gasteiger partial charge in [-0.1, -0.05) is 0 Å². The highest BCUT2D eigenvalue weighted by atomic mass is 16.6. The third-order valence-corrected chi connectivity index (χ3v) is 2.34. The first-order chi connectivity index (χ1) is 8.93. The maximum Gasteiger partial charge on any atom is 0.414 e. The fraction of sp³-hybridized carbons (Fsp3) is 0.600. The van der Waals surface area contributed by atoms with Crippen LogP contribution in [0.2, 0.25) is 0 Å². The molecule has 1 saturated heterocycles. The van der Waals surface area contributed by atoms with Crippen LogP contribution in [0, 0.1) is 10.1 Å². The lowest BCUT2D eigenvalue weighted by molar-refractivity contribution is -0.423. The maximum absolute atomic E-state index is 11.6. The number of ether oxygens (including phenoxy) is 2. The van der Waals surface area contributed by atoms with Crippen molar-refractivity contribution in [3.63, 3.8) is 0 Å². The number of esters is 2. The molecular formula is C10H15N3O6. The van der Waals surface area contributed by atoms with Crippen molar-refractivity contribution >= 4 is 11.9 Å². The summed E-state index contributed by atoms with van der Waals surface area (Å²) in [5.74, 6) is -1.45. The van der Waals surface area contributed by atoms with Crippen LogP contribution in [0.3, 0.4) is 0 Å². The van der Waals surface area contributed by atoms with Crippen LogP contribution < -0.4 is 5.32 Å². The van der Waals surface area contributed by atoms with Gasteiger partial charge in [-0.2, -0.15) is 0 Å². The quantitative estimate of drug-likeness (QED) is 0.225. The van der Waals surface area contributed by atoms with Gasteiger partial charge in [-0.05, 0) is 0 Å². The Morgan fingerprint density at radius 1 is 1.42 bits per heavy atom. The molecule has 1 heterocycles. The molecule has 19 heavy (non-hydrogen) atoms. The van der Waals surface area contributed by atoms with Crippen molar-refractivity contribution in [2.45, 2.75) is 6.92 Å². The van der Waals surface area contributed by atoms with E-state index < -0.39 is 22.6 Å². The average molecular weight is 273 g/mol. The molecule has 0 bridgehead atoms. The molecule has 0 atom stereocenters. The van der Waals surface area contributed by atoms with E-state index in [4.69, 9.17) is 4.74 Å². The molecule has 1 N–H and O–H groups in total. The van der Waals surface area contributed by atoms with Crippen LogP contribution in [-0.2, 0) is 19.1 Å². The van der Waals surface area contributed by atoms with Crippen LogP contribution in [0.15, 0.2) is 11.5 Å². The number of nitrogens with one attached hydrogen (secondary N) is 1. The molecule has 0 saturated carbocycles. The zero-order valence-corrected chi connectivity index (χ0v) is 10.7. The van der Waals surface area contributed by atoms with Gasteiger partial charge in [0, 0.05) is 27.1 Å². The summed E-state index contributed by atoms with van der Waals surface area (Å²) in [5.41, 5.74) is -0.650. The molecule has 0 aromatic heterocycles. The SMILES string of the molecule is CC(=O)OCCOC(=O)/C(=C1\NCCN1C)[N+](=O)[O-]. The van der Waals surface area contributed by atoms with E-state index in [0.717, 1.165) is 0 Å². The van der Waals surface area contributed by atoms with Gasteiger partial charge >= 0.3 is 17.6 Å². The number of likely N-dealkylation sites (N-methyl/N-ethyl adjacent to an activating group) is 1. The van der Waals surface area contributed by atoms with Crippen LogP contribution in [0.5, 0.6) is 0 Å². The van der Waals surface area contributed by atoms with Crippen LogP contribution in [0.1, 0.15) is 6.92 Å². The largest absolute Gasteiger partial charge is 0.462 e. The summed E-state index contributed by atoms with van der Waals surface area (Å²) in [4.78, 5) is 33.8. The van der Waals surface area contributed by atoms with E-state index in [1.165, 1.54) is 6.92 Å². The van der Waals surface area contributed by atoms with Gasteiger partial charge in [-0.3, -0.25) is 14.9 Å². The number of hydrogen-bond donors (Lipinski definition) is 1. The maximum atomic E-state index is 11.6. The first kappa shape index (κ1) is 14.7. The van der Waals surface area contributed by atoms with E-state index in [2.05, 4.69) is 10.1 Å². The molecule has 0 radical (unpaired) electrons. The van der Waals surface area contributed by atoms with Crippen molar-refractivity contribution in [3.05, 3.63) is 21.6 Å². The highest BCUT2D eigenvalue weighted by Crippen LogP contribution is 2.12. The molecule has 0 aromatic carbocycles. The van der Waals surface area contributed by atoms with Crippen molar-refractivity contribution in [1.29, 1.82) is 0 Å². The van der Waals surface area contributed by atoms with Crippen molar-refractivity contribution < 1.29 is 24.0 Å². The summed E-state index contributed by atoms with van der Waals surface area (Å²) in [5, 5.41) is 13.7. The minimum Gasteiger partial charge on any atom is -0.462 e. The van der Waals surface area contributed by atoms with Gasteiger partial charge in [0.15, 0.2) is 5.82 Å². The second-order valence-electron chi connectivity index (χ2n) is 3.78. The first-order valence-electron chi connectivity index (χ1n) is 5.57. The fourth-order valence-electron chi connectivity index (χ4n) is 1.50. The smallest absolute Gasteiger partial charge is 0.414 e. The minimum atomic E-state index is -1.06. The number of hydrogen-bond acceptors (Lipinski definition) is 8. The third-order valence-electron chi connectivity index (χ3n) is 2.34. The summed E-state index contributed by atoms with van der Waals surface area (Å²) in [7, 11) is 1.63. The molecule has 0 unspecified atom stereocenters. The second kappa shape index (κ2) is 6.57. The molecule has 1 aliphatic rings. The highest BCUT2D eigenvalue weighted by molar-refractivity contribution is 5.86. The molecule has 9 heteroatoms. The second-order valence-corrected chi connectivity index (χ2v) is 3.78. The Kier molecular flexibility index (Phi) is 5.10. The predicted molar refractivity (Wildman–Crippen MR) is 62.2 cm³/mol. The van der Waals surface area contributed by atoms with Crippen molar-refractivity contribution in [2.75, 3.05) is 33.4 Å². The highest BCUT2D eigenvalue weighted by Gasteiger charge is 2.33. The van der Waals surface area contributed by atoms with E-state index in [1.54, 1.807) is 11.9 Å². The van der Waals surface area contributed by atoms with Crippen LogP contribution >= 0.6 is 0 Å². The normalized spacial score (nSPS) is 16.6. The summed E-state index contributed by atoms with van der Waals surface area (Å²) in [6.45, 7) is 1.93. The summed E-state index contributed by atoms with van der Waals surface area (Å²) in [6, 6.07) is 0. The van der Waals surface area contributed by atoms with Gasteiger partial charge in [0.05, 0.1) is 4.92 Å². The van der Waals surface area contributed by atoms with E-state index in [1.807, 2.05) is 0 Å². The standard InChI is InChI=1S/C10H15N3O6/c1-7(14)18-5-6-19-10(15)8(13(16)17)9-11-3-4-12(9)2/h11H,3-6H2,1-2H3/b9-8-. The molecule has 0 aliphatic carbocycles. The predicted octanol–water partition coefficient (Wildman–Crippen LogP) is -0.926. The minimum absolute atomic E-state index is 0.127. The van der Waals surface area contributed by atoms with Gasteiger partial charge < -0.3 is 19.7 Å². The van der Waals surface area contributed by atoms with E-state index in [9.17, 15) is 19.7 Å². The Balaban J connectivity index is 2.65. The zero-order chi connectivity index (χ0) is 14.4. The molecule has 0 spiro atoms. The molecule has 0 aromatic rings. The molecule has 1 rings (SSSR count). The van der Waals surface area contributed by atoms with E-state index in [-0.39, 0.29) is 19.0 Å². The fourth-order valence-corrected chi connectivity index (χ4v) is 1.50. The average Bonchev–Trinajstić information content (AvgIpc) is 2.71. The van der Waals surface area contributed by atoms with Gasteiger partial charge in [0.25, 0.3) is 0 Å². The van der Waals surface area contributed by atoms with Crippen LogP contribution in [-0.4, -0.2) is 55.1 Å². The Morgan fingerprint density at radius 3 is 2.53 bits per heavy atom. The topological polar surface area (TPSA) is 111 Å². The van der Waals surface area contributed by atoms with Gasteiger partial charge in [0.2, 0.25) is 0 Å². The molecule has 1 fully saturated rings. The van der Waals surface area contributed by atoms with Crippen LogP contribution in [0.4, 0.5) is 0 Å². The third kappa shape index (κ3) is 4.12. The Labute approximate surface area is 109 Å². The van der Waals surface area contributed by atoms with Gasteiger partial charge in [-0.15, -0.1) is 0 Å². The van der Waals surface area contributed by atoms with Crippen LogP contribution in [0.25, 0.3) is 0 Å².